The summed E-state index contributed by atoms with van der Waals surface area (Å²) in [5.41, 5.74) is 0.323. The maximum Gasteiger partial charge on any atom is 0.152 e. The van der Waals surface area contributed by atoms with Crippen molar-refractivity contribution in [2.45, 2.75) is 47.5 Å². The average molecular weight is 208 g/mol. The summed E-state index contributed by atoms with van der Waals surface area (Å²) in [7, 11) is 0. The maximum absolute atomic E-state index is 11.0. The molecule has 86 valence electrons. The SMILES string of the molecule is CC(=O)C=C[C@@H]1[C@H](C)CC[C@H](C)C1(C)C. The van der Waals surface area contributed by atoms with E-state index in [2.05, 4.69) is 33.8 Å². The Bertz CT molecular complexity index is 263. The van der Waals surface area contributed by atoms with Gasteiger partial charge in [-0.2, -0.15) is 0 Å². The molecule has 0 spiro atoms. The summed E-state index contributed by atoms with van der Waals surface area (Å²) in [6.45, 7) is 10.9. The van der Waals surface area contributed by atoms with Crippen molar-refractivity contribution in [3.8, 4) is 0 Å². The van der Waals surface area contributed by atoms with Crippen LogP contribution in [0.5, 0.6) is 0 Å². The minimum absolute atomic E-state index is 0.163. The fourth-order valence-electron chi connectivity index (χ4n) is 2.80. The van der Waals surface area contributed by atoms with Crippen LogP contribution < -0.4 is 0 Å². The Labute approximate surface area is 93.9 Å². The average Bonchev–Trinajstić information content (AvgIpc) is 2.11. The van der Waals surface area contributed by atoms with Gasteiger partial charge in [0.15, 0.2) is 5.78 Å². The lowest BCUT2D eigenvalue weighted by Crippen LogP contribution is -2.38. The highest BCUT2D eigenvalue weighted by atomic mass is 16.1. The van der Waals surface area contributed by atoms with Crippen molar-refractivity contribution < 1.29 is 4.79 Å². The van der Waals surface area contributed by atoms with E-state index < -0.39 is 0 Å². The predicted molar refractivity (Wildman–Crippen MR) is 64.7 cm³/mol. The summed E-state index contributed by atoms with van der Waals surface area (Å²) in [5.74, 6) is 2.16. The van der Waals surface area contributed by atoms with E-state index in [1.807, 2.05) is 0 Å². The van der Waals surface area contributed by atoms with Crippen molar-refractivity contribution in [3.05, 3.63) is 12.2 Å². The second-order valence-corrected chi connectivity index (χ2v) is 5.77. The second-order valence-electron chi connectivity index (χ2n) is 5.77. The van der Waals surface area contributed by atoms with Crippen LogP contribution in [0, 0.1) is 23.2 Å². The molecule has 0 unspecified atom stereocenters. The number of allylic oxidation sites excluding steroid dienone is 2. The van der Waals surface area contributed by atoms with Crippen LogP contribution in [-0.4, -0.2) is 5.78 Å². The molecule has 0 aliphatic heterocycles. The summed E-state index contributed by atoms with van der Waals surface area (Å²) in [5, 5.41) is 0. The van der Waals surface area contributed by atoms with Crippen molar-refractivity contribution in [2.75, 3.05) is 0 Å². The molecule has 1 nitrogen and oxygen atoms in total. The molecule has 0 bridgehead atoms. The first-order valence-electron chi connectivity index (χ1n) is 6.04. The van der Waals surface area contributed by atoms with Crippen LogP contribution in [0.15, 0.2) is 12.2 Å². The van der Waals surface area contributed by atoms with Crippen LogP contribution in [0.25, 0.3) is 0 Å². The fraction of sp³-hybridized carbons (Fsp3) is 0.786. The Morgan fingerprint density at radius 3 is 2.40 bits per heavy atom. The number of hydrogen-bond acceptors (Lipinski definition) is 1. The first kappa shape index (κ1) is 12.5. The van der Waals surface area contributed by atoms with Crippen molar-refractivity contribution in [1.29, 1.82) is 0 Å². The zero-order chi connectivity index (χ0) is 11.6. The standard InChI is InChI=1S/C14H24O/c1-10-6-7-11(2)14(4,5)13(10)9-8-12(3)15/h8-11,13H,6-7H2,1-5H3/t10-,11+,13-/m1/s1. The molecule has 15 heavy (non-hydrogen) atoms. The van der Waals surface area contributed by atoms with Gasteiger partial charge in [-0.1, -0.05) is 33.8 Å². The Morgan fingerprint density at radius 2 is 1.87 bits per heavy atom. The topological polar surface area (TPSA) is 17.1 Å². The zero-order valence-electron chi connectivity index (χ0n) is 10.7. The molecule has 3 atom stereocenters. The van der Waals surface area contributed by atoms with E-state index in [1.165, 1.54) is 12.8 Å². The van der Waals surface area contributed by atoms with E-state index in [4.69, 9.17) is 0 Å². The lowest BCUT2D eigenvalue weighted by atomic mass is 9.59. The number of hydrogen-bond donors (Lipinski definition) is 0. The molecule has 0 saturated heterocycles. The van der Waals surface area contributed by atoms with Gasteiger partial charge in [0.25, 0.3) is 0 Å². The number of rotatable bonds is 2. The quantitative estimate of drug-likeness (QED) is 0.630. The van der Waals surface area contributed by atoms with Crippen molar-refractivity contribution >= 4 is 5.78 Å². The van der Waals surface area contributed by atoms with Gasteiger partial charge < -0.3 is 0 Å². The molecular weight excluding hydrogens is 184 g/mol. The van der Waals surface area contributed by atoms with E-state index in [9.17, 15) is 4.79 Å². The van der Waals surface area contributed by atoms with Gasteiger partial charge in [-0.05, 0) is 49.0 Å². The van der Waals surface area contributed by atoms with E-state index >= 15 is 0 Å². The minimum Gasteiger partial charge on any atom is -0.295 e. The molecule has 1 heteroatoms. The summed E-state index contributed by atoms with van der Waals surface area (Å²) in [6, 6.07) is 0. The molecule has 0 N–H and O–H groups in total. The largest absolute Gasteiger partial charge is 0.295 e. The molecule has 0 aromatic carbocycles. The van der Waals surface area contributed by atoms with E-state index in [-0.39, 0.29) is 5.78 Å². The Morgan fingerprint density at radius 1 is 1.27 bits per heavy atom. The summed E-state index contributed by atoms with van der Waals surface area (Å²) in [4.78, 5) is 11.0. The van der Waals surface area contributed by atoms with Crippen LogP contribution in [-0.2, 0) is 4.79 Å². The Hall–Kier alpha value is -0.590. The first-order chi connectivity index (χ1) is 6.85. The molecule has 1 aliphatic rings. The fourth-order valence-corrected chi connectivity index (χ4v) is 2.80. The highest BCUT2D eigenvalue weighted by Gasteiger charge is 2.39. The third kappa shape index (κ3) is 2.70. The maximum atomic E-state index is 11.0. The molecule has 1 fully saturated rings. The van der Waals surface area contributed by atoms with Gasteiger partial charge in [0, 0.05) is 0 Å². The smallest absolute Gasteiger partial charge is 0.152 e. The number of carbonyl (C=O) groups is 1. The molecule has 0 radical (unpaired) electrons. The number of carbonyl (C=O) groups excluding carboxylic acids is 1. The highest BCUT2D eigenvalue weighted by molar-refractivity contribution is 5.87. The van der Waals surface area contributed by atoms with Gasteiger partial charge in [0.2, 0.25) is 0 Å². The molecule has 0 aromatic rings. The van der Waals surface area contributed by atoms with Crippen LogP contribution >= 0.6 is 0 Å². The van der Waals surface area contributed by atoms with E-state index in [0.717, 1.165) is 5.92 Å². The van der Waals surface area contributed by atoms with Gasteiger partial charge in [0.05, 0.1) is 0 Å². The van der Waals surface area contributed by atoms with Crippen LogP contribution in [0.3, 0.4) is 0 Å². The summed E-state index contributed by atoms with van der Waals surface area (Å²) < 4.78 is 0. The van der Waals surface area contributed by atoms with Crippen molar-refractivity contribution in [3.63, 3.8) is 0 Å². The molecule has 0 heterocycles. The monoisotopic (exact) mass is 208 g/mol. The first-order valence-corrected chi connectivity index (χ1v) is 6.04. The van der Waals surface area contributed by atoms with Crippen LogP contribution in [0.1, 0.15) is 47.5 Å². The van der Waals surface area contributed by atoms with Crippen LogP contribution in [0.4, 0.5) is 0 Å². The second kappa shape index (κ2) is 4.51. The molecule has 1 aliphatic carbocycles. The third-order valence-corrected chi connectivity index (χ3v) is 4.34. The normalized spacial score (nSPS) is 35.7. The zero-order valence-corrected chi connectivity index (χ0v) is 10.7. The van der Waals surface area contributed by atoms with E-state index in [0.29, 0.717) is 17.3 Å². The van der Waals surface area contributed by atoms with Gasteiger partial charge in [-0.25, -0.2) is 0 Å². The lowest BCUT2D eigenvalue weighted by molar-refractivity contribution is -0.112. The van der Waals surface area contributed by atoms with Gasteiger partial charge in [-0.3, -0.25) is 4.79 Å². The summed E-state index contributed by atoms with van der Waals surface area (Å²) >= 11 is 0. The van der Waals surface area contributed by atoms with Crippen LogP contribution in [0.2, 0.25) is 0 Å². The summed E-state index contributed by atoms with van der Waals surface area (Å²) in [6.07, 6.45) is 6.50. The Kier molecular flexibility index (Phi) is 3.75. The lowest BCUT2D eigenvalue weighted by Gasteiger charge is -2.46. The minimum atomic E-state index is 0.163. The van der Waals surface area contributed by atoms with Crippen molar-refractivity contribution in [1.82, 2.24) is 0 Å². The molecule has 1 rings (SSSR count). The predicted octanol–water partition coefficient (Wildman–Crippen LogP) is 3.84. The Balaban J connectivity index is 2.85. The number of ketones is 1. The van der Waals surface area contributed by atoms with Gasteiger partial charge in [-0.15, -0.1) is 0 Å². The highest BCUT2D eigenvalue weighted by Crippen LogP contribution is 2.48. The van der Waals surface area contributed by atoms with E-state index in [1.54, 1.807) is 13.0 Å². The molecule has 0 amide bonds. The molecular formula is C14H24O. The van der Waals surface area contributed by atoms with Gasteiger partial charge >= 0.3 is 0 Å². The molecule has 1 saturated carbocycles. The van der Waals surface area contributed by atoms with Crippen molar-refractivity contribution in [2.24, 2.45) is 23.2 Å². The molecule has 0 aromatic heterocycles. The third-order valence-electron chi connectivity index (χ3n) is 4.34. The van der Waals surface area contributed by atoms with Gasteiger partial charge in [0.1, 0.15) is 0 Å².